The van der Waals surface area contributed by atoms with Crippen molar-refractivity contribution in [3.63, 3.8) is 0 Å². The van der Waals surface area contributed by atoms with E-state index in [9.17, 15) is 14.4 Å². The van der Waals surface area contributed by atoms with Crippen molar-refractivity contribution in [3.05, 3.63) is 47.0 Å². The molecule has 172 valence electrons. The third-order valence-corrected chi connectivity index (χ3v) is 7.44. The van der Waals surface area contributed by atoms with E-state index in [0.29, 0.717) is 11.5 Å². The summed E-state index contributed by atoms with van der Waals surface area (Å²) in [5.41, 5.74) is -1.51. The van der Waals surface area contributed by atoms with Gasteiger partial charge in [-0.15, -0.1) is 0 Å². The van der Waals surface area contributed by atoms with Gasteiger partial charge in [0.05, 0.1) is 6.61 Å². The maximum Gasteiger partial charge on any atom is 0.350 e. The number of hydrogen-bond donors (Lipinski definition) is 0. The van der Waals surface area contributed by atoms with Crippen LogP contribution < -0.4 is 0 Å². The highest BCUT2D eigenvalue weighted by Crippen LogP contribution is 2.58. The van der Waals surface area contributed by atoms with Gasteiger partial charge in [0.1, 0.15) is 0 Å². The fraction of sp³-hybridized carbons (Fsp3) is 0.593. The van der Waals surface area contributed by atoms with E-state index < -0.39 is 23.0 Å². The highest BCUT2D eigenvalue weighted by Gasteiger charge is 2.85. The topological polar surface area (TPSA) is 73.0 Å². The number of ether oxygens (including phenoxy) is 2. The summed E-state index contributed by atoms with van der Waals surface area (Å²) in [5.74, 6) is -0.954. The van der Waals surface area contributed by atoms with Gasteiger partial charge in [-0.05, 0) is 32.1 Å². The zero-order valence-electron chi connectivity index (χ0n) is 19.3. The minimum Gasteiger partial charge on any atom is -0.463 e. The molecule has 2 aliphatic carbocycles. The highest BCUT2D eigenvalue weighted by molar-refractivity contribution is 6.32. The number of hydrogen-bond acceptors (Lipinski definition) is 5. The number of allylic oxidation sites excluding steroid dienone is 1. The molecule has 1 aromatic rings. The smallest absolute Gasteiger partial charge is 0.350 e. The molecule has 5 heteroatoms. The molecule has 0 amide bonds. The van der Waals surface area contributed by atoms with Crippen LogP contribution in [0.1, 0.15) is 98.8 Å². The summed E-state index contributed by atoms with van der Waals surface area (Å²) >= 11 is 0. The van der Waals surface area contributed by atoms with Crippen molar-refractivity contribution < 1.29 is 23.9 Å². The molecule has 1 saturated heterocycles. The second kappa shape index (κ2) is 9.30. The quantitative estimate of drug-likeness (QED) is 0.165. The fourth-order valence-electron chi connectivity index (χ4n) is 5.36. The molecule has 1 heterocycles. The lowest BCUT2D eigenvalue weighted by Gasteiger charge is -2.25. The van der Waals surface area contributed by atoms with Crippen LogP contribution in [0.2, 0.25) is 0 Å². The Morgan fingerprint density at radius 1 is 1.06 bits per heavy atom. The Hall–Kier alpha value is -2.27. The minimum atomic E-state index is -1.84. The van der Waals surface area contributed by atoms with Gasteiger partial charge in [-0.2, -0.15) is 0 Å². The van der Waals surface area contributed by atoms with Crippen LogP contribution in [0.4, 0.5) is 0 Å². The minimum absolute atomic E-state index is 0.221. The predicted molar refractivity (Wildman–Crippen MR) is 122 cm³/mol. The van der Waals surface area contributed by atoms with Crippen LogP contribution >= 0.6 is 0 Å². The van der Waals surface area contributed by atoms with E-state index in [-0.39, 0.29) is 24.4 Å². The Balaban J connectivity index is 1.59. The number of carbonyl (C=O) groups is 3. The highest BCUT2D eigenvalue weighted by atomic mass is 16.7. The van der Waals surface area contributed by atoms with Crippen molar-refractivity contribution in [2.75, 3.05) is 6.61 Å². The van der Waals surface area contributed by atoms with Gasteiger partial charge in [0.2, 0.25) is 5.78 Å². The average Bonchev–Trinajstić information content (AvgIpc) is 3.53. The summed E-state index contributed by atoms with van der Waals surface area (Å²) in [6.45, 7) is 4.44. The first-order valence-corrected chi connectivity index (χ1v) is 12.2. The number of Topliss-reactive ketones (excluding diaryl/α,β-unsaturated/α-hetero) is 2. The molecule has 2 fully saturated rings. The monoisotopic (exact) mass is 438 g/mol. The molecule has 5 nitrogen and oxygen atoms in total. The Morgan fingerprint density at radius 3 is 2.44 bits per heavy atom. The SMILES string of the molecule is CCCCCCOC(=O)[C@]12O[C@@]1(C/C=C(\C)C1CCCCC1)C(=O)c1ccccc1C2=O. The molecule has 0 radical (unpaired) electrons. The van der Waals surface area contributed by atoms with E-state index in [1.165, 1.54) is 24.8 Å². The molecule has 0 aromatic heterocycles. The molecule has 0 N–H and O–H groups in total. The van der Waals surface area contributed by atoms with Gasteiger partial charge in [-0.1, -0.05) is 81.4 Å². The number of benzene rings is 1. The van der Waals surface area contributed by atoms with Crippen LogP contribution in [0, 0.1) is 5.92 Å². The normalized spacial score (nSPS) is 27.6. The molecule has 0 unspecified atom stereocenters. The lowest BCUT2D eigenvalue weighted by Crippen LogP contribution is -2.50. The van der Waals surface area contributed by atoms with Gasteiger partial charge in [-0.3, -0.25) is 9.59 Å². The third kappa shape index (κ3) is 3.75. The van der Waals surface area contributed by atoms with E-state index in [1.54, 1.807) is 24.3 Å². The lowest BCUT2D eigenvalue weighted by molar-refractivity contribution is -0.148. The molecule has 2 atom stereocenters. The number of carbonyl (C=O) groups excluding carboxylic acids is 3. The van der Waals surface area contributed by atoms with Crippen molar-refractivity contribution in [1.82, 2.24) is 0 Å². The van der Waals surface area contributed by atoms with Crippen molar-refractivity contribution in [3.8, 4) is 0 Å². The van der Waals surface area contributed by atoms with E-state index in [0.717, 1.165) is 38.5 Å². The molecular formula is C27H34O5. The van der Waals surface area contributed by atoms with Gasteiger partial charge < -0.3 is 9.47 Å². The number of ketones is 2. The van der Waals surface area contributed by atoms with Gasteiger partial charge in [0, 0.05) is 17.5 Å². The maximum atomic E-state index is 13.5. The second-order valence-corrected chi connectivity index (χ2v) is 9.50. The number of fused-ring (bicyclic) bond motifs is 2. The molecular weight excluding hydrogens is 404 g/mol. The summed E-state index contributed by atoms with van der Waals surface area (Å²) in [5, 5.41) is 0. The van der Waals surface area contributed by atoms with Crippen LogP contribution in [0.3, 0.4) is 0 Å². The summed E-state index contributed by atoms with van der Waals surface area (Å²) in [6.07, 6.45) is 12.1. The average molecular weight is 439 g/mol. The zero-order chi connectivity index (χ0) is 22.8. The first-order chi connectivity index (χ1) is 15.5. The van der Waals surface area contributed by atoms with Crippen LogP contribution in [0.5, 0.6) is 0 Å². The van der Waals surface area contributed by atoms with Gasteiger partial charge >= 0.3 is 5.97 Å². The largest absolute Gasteiger partial charge is 0.463 e. The summed E-state index contributed by atoms with van der Waals surface area (Å²) in [4.78, 5) is 40.2. The van der Waals surface area contributed by atoms with Gasteiger partial charge in [0.15, 0.2) is 11.4 Å². The van der Waals surface area contributed by atoms with Crippen molar-refractivity contribution >= 4 is 17.5 Å². The van der Waals surface area contributed by atoms with Crippen molar-refractivity contribution in [1.29, 1.82) is 0 Å². The van der Waals surface area contributed by atoms with Crippen LogP contribution in [-0.4, -0.2) is 35.3 Å². The Labute approximate surface area is 190 Å². The van der Waals surface area contributed by atoms with Crippen LogP contribution in [0.15, 0.2) is 35.9 Å². The molecule has 0 spiro atoms. The molecule has 1 saturated carbocycles. The fourth-order valence-corrected chi connectivity index (χ4v) is 5.36. The molecule has 0 bridgehead atoms. The standard InChI is InChI=1S/C27H34O5/c1-3-4-5-11-18-31-25(30)27-24(29)22-15-10-9-14-21(22)23(28)26(27,32-27)17-16-19(2)20-12-7-6-8-13-20/h9-10,14-16,20H,3-8,11-13,17-18H2,1-2H3/b19-16+/t26-,27-/m0/s1. The predicted octanol–water partition coefficient (Wildman–Crippen LogP) is 5.61. The number of unbranched alkanes of at least 4 members (excludes halogenated alkanes) is 3. The van der Waals surface area contributed by atoms with Crippen molar-refractivity contribution in [2.24, 2.45) is 5.92 Å². The van der Waals surface area contributed by atoms with Crippen LogP contribution in [0.25, 0.3) is 0 Å². The van der Waals surface area contributed by atoms with Gasteiger partial charge in [0.25, 0.3) is 5.60 Å². The Morgan fingerprint density at radius 2 is 1.75 bits per heavy atom. The Kier molecular flexibility index (Phi) is 6.66. The molecule has 4 rings (SSSR count). The van der Waals surface area contributed by atoms with E-state index >= 15 is 0 Å². The molecule has 32 heavy (non-hydrogen) atoms. The van der Waals surface area contributed by atoms with E-state index in [2.05, 4.69) is 13.8 Å². The summed E-state index contributed by atoms with van der Waals surface area (Å²) in [6, 6.07) is 6.69. The zero-order valence-corrected chi connectivity index (χ0v) is 19.3. The van der Waals surface area contributed by atoms with Crippen LogP contribution in [-0.2, 0) is 14.3 Å². The third-order valence-electron chi connectivity index (χ3n) is 7.44. The number of epoxide rings is 1. The number of esters is 1. The molecule has 1 aromatic carbocycles. The van der Waals surface area contributed by atoms with E-state index in [4.69, 9.17) is 9.47 Å². The first kappa shape index (κ1) is 22.9. The summed E-state index contributed by atoms with van der Waals surface area (Å²) in [7, 11) is 0. The van der Waals surface area contributed by atoms with Crippen molar-refractivity contribution in [2.45, 2.75) is 89.3 Å². The Bertz CT molecular complexity index is 926. The van der Waals surface area contributed by atoms with E-state index in [1.807, 2.05) is 6.08 Å². The molecule has 1 aliphatic heterocycles. The first-order valence-electron chi connectivity index (χ1n) is 12.2. The summed E-state index contributed by atoms with van der Waals surface area (Å²) < 4.78 is 11.4. The second-order valence-electron chi connectivity index (χ2n) is 9.50. The maximum absolute atomic E-state index is 13.5. The number of rotatable bonds is 9. The lowest BCUT2D eigenvalue weighted by atomic mass is 9.72. The molecule has 3 aliphatic rings. The van der Waals surface area contributed by atoms with Gasteiger partial charge in [-0.25, -0.2) is 4.79 Å².